The number of rotatable bonds is 7. The van der Waals surface area contributed by atoms with Crippen molar-refractivity contribution in [2.24, 2.45) is 0 Å². The molecule has 1 aliphatic carbocycles. The molecule has 1 aromatic heterocycles. The van der Waals surface area contributed by atoms with Crippen molar-refractivity contribution in [2.75, 3.05) is 13.2 Å². The Bertz CT molecular complexity index is 968. The van der Waals surface area contributed by atoms with Crippen molar-refractivity contribution in [3.63, 3.8) is 0 Å². The predicted molar refractivity (Wildman–Crippen MR) is 115 cm³/mol. The first-order chi connectivity index (χ1) is 14.9. The predicted octanol–water partition coefficient (Wildman–Crippen LogP) is 4.66. The lowest BCUT2D eigenvalue weighted by molar-refractivity contribution is -0.149. The molecule has 1 atom stereocenters. The molecule has 0 N–H and O–H groups in total. The molecule has 166 valence electrons. The van der Waals surface area contributed by atoms with Crippen LogP contribution in [-0.2, 0) is 26.2 Å². The zero-order chi connectivity index (χ0) is 22.0. The number of aryl methyl sites for hydroxylation is 1. The van der Waals surface area contributed by atoms with E-state index in [1.807, 2.05) is 19.9 Å². The first kappa shape index (κ1) is 21.8. The van der Waals surface area contributed by atoms with Gasteiger partial charge in [-0.3, -0.25) is 9.59 Å². The Morgan fingerprint density at radius 3 is 2.61 bits per heavy atom. The van der Waals surface area contributed by atoms with Crippen LogP contribution >= 0.6 is 0 Å². The molecule has 31 heavy (non-hydrogen) atoms. The van der Waals surface area contributed by atoms with Crippen LogP contribution in [-0.4, -0.2) is 35.6 Å². The molecule has 6 heteroatoms. The molecule has 0 radical (unpaired) electrons. The number of Topliss-reactive ketones (excluding diaryl/α,β-unsaturated/α-hetero) is 1. The summed E-state index contributed by atoms with van der Waals surface area (Å²) in [5.74, 6) is -1.14. The van der Waals surface area contributed by atoms with Crippen molar-refractivity contribution in [1.29, 1.82) is 0 Å². The van der Waals surface area contributed by atoms with Gasteiger partial charge in [-0.25, -0.2) is 4.39 Å². The van der Waals surface area contributed by atoms with Crippen LogP contribution in [0.15, 0.2) is 30.3 Å². The van der Waals surface area contributed by atoms with E-state index in [1.54, 1.807) is 18.2 Å². The lowest BCUT2D eigenvalue weighted by atomic mass is 9.78. The zero-order valence-corrected chi connectivity index (χ0v) is 18.3. The average molecular weight is 428 g/mol. The SMILES string of the molecule is Cc1cc(C(=O)COC(=O)C2(c3ccccc3F)CCCC2)c(C)n1CC1CCCO1. The molecule has 1 aliphatic heterocycles. The van der Waals surface area contributed by atoms with Crippen molar-refractivity contribution in [1.82, 2.24) is 4.57 Å². The van der Waals surface area contributed by atoms with E-state index < -0.39 is 17.2 Å². The van der Waals surface area contributed by atoms with Crippen molar-refractivity contribution < 1.29 is 23.5 Å². The van der Waals surface area contributed by atoms with Gasteiger partial charge in [0.15, 0.2) is 6.61 Å². The van der Waals surface area contributed by atoms with Gasteiger partial charge in [-0.05, 0) is 51.7 Å². The quantitative estimate of drug-likeness (QED) is 0.476. The van der Waals surface area contributed by atoms with E-state index in [-0.39, 0.29) is 18.5 Å². The molecule has 1 unspecified atom stereocenters. The van der Waals surface area contributed by atoms with Crippen LogP contribution in [0.2, 0.25) is 0 Å². The zero-order valence-electron chi connectivity index (χ0n) is 18.3. The number of halogens is 1. The lowest BCUT2D eigenvalue weighted by Crippen LogP contribution is -2.36. The third kappa shape index (κ3) is 4.18. The summed E-state index contributed by atoms with van der Waals surface area (Å²) in [6, 6.07) is 8.23. The van der Waals surface area contributed by atoms with Crippen LogP contribution < -0.4 is 0 Å². The average Bonchev–Trinajstić information content (AvgIpc) is 3.50. The van der Waals surface area contributed by atoms with E-state index in [0.29, 0.717) is 24.0 Å². The molecule has 0 amide bonds. The van der Waals surface area contributed by atoms with Crippen molar-refractivity contribution in [3.8, 4) is 0 Å². The maximum absolute atomic E-state index is 14.5. The number of esters is 1. The lowest BCUT2D eigenvalue weighted by Gasteiger charge is -2.27. The van der Waals surface area contributed by atoms with E-state index in [2.05, 4.69) is 4.57 Å². The molecule has 0 spiro atoms. The molecular weight excluding hydrogens is 397 g/mol. The normalized spacial score (nSPS) is 20.2. The summed E-state index contributed by atoms with van der Waals surface area (Å²) < 4.78 is 27.8. The molecule has 1 saturated heterocycles. The summed E-state index contributed by atoms with van der Waals surface area (Å²) in [6.45, 7) is 5.06. The Labute approximate surface area is 182 Å². The first-order valence-electron chi connectivity index (χ1n) is 11.2. The van der Waals surface area contributed by atoms with E-state index in [1.165, 1.54) is 6.07 Å². The van der Waals surface area contributed by atoms with Gasteiger partial charge in [0.25, 0.3) is 0 Å². The largest absolute Gasteiger partial charge is 0.457 e. The smallest absolute Gasteiger partial charge is 0.317 e. The van der Waals surface area contributed by atoms with E-state index in [4.69, 9.17) is 9.47 Å². The monoisotopic (exact) mass is 427 g/mol. The number of hydrogen-bond donors (Lipinski definition) is 0. The Hall–Kier alpha value is -2.47. The molecule has 2 heterocycles. The molecule has 2 aliphatic rings. The molecular formula is C25H30FNO4. The molecule has 0 bridgehead atoms. The number of hydrogen-bond acceptors (Lipinski definition) is 4. The van der Waals surface area contributed by atoms with Crippen LogP contribution in [0.4, 0.5) is 4.39 Å². The number of nitrogens with zero attached hydrogens (tertiary/aromatic N) is 1. The maximum atomic E-state index is 14.5. The molecule has 1 aromatic carbocycles. The minimum Gasteiger partial charge on any atom is -0.457 e. The minimum atomic E-state index is -0.998. The van der Waals surface area contributed by atoms with E-state index in [9.17, 15) is 14.0 Å². The van der Waals surface area contributed by atoms with Crippen LogP contribution in [0, 0.1) is 19.7 Å². The summed E-state index contributed by atoms with van der Waals surface area (Å²) in [4.78, 5) is 26.0. The van der Waals surface area contributed by atoms with E-state index in [0.717, 1.165) is 50.2 Å². The van der Waals surface area contributed by atoms with Gasteiger partial charge in [-0.15, -0.1) is 0 Å². The fraction of sp³-hybridized carbons (Fsp3) is 0.520. The van der Waals surface area contributed by atoms with Gasteiger partial charge in [-0.1, -0.05) is 31.0 Å². The summed E-state index contributed by atoms with van der Waals surface area (Å²) >= 11 is 0. The van der Waals surface area contributed by atoms with Gasteiger partial charge >= 0.3 is 5.97 Å². The van der Waals surface area contributed by atoms with Crippen molar-refractivity contribution in [2.45, 2.75) is 70.4 Å². The van der Waals surface area contributed by atoms with Crippen LogP contribution in [0.1, 0.15) is 65.8 Å². The van der Waals surface area contributed by atoms with Crippen LogP contribution in [0.25, 0.3) is 0 Å². The number of carbonyl (C=O) groups excluding carboxylic acids is 2. The fourth-order valence-corrected chi connectivity index (χ4v) is 5.11. The summed E-state index contributed by atoms with van der Waals surface area (Å²) in [5.41, 5.74) is 1.79. The van der Waals surface area contributed by atoms with Gasteiger partial charge in [-0.2, -0.15) is 0 Å². The summed E-state index contributed by atoms with van der Waals surface area (Å²) in [5, 5.41) is 0. The maximum Gasteiger partial charge on any atom is 0.317 e. The molecule has 1 saturated carbocycles. The third-order valence-corrected chi connectivity index (χ3v) is 6.86. The number of aromatic nitrogens is 1. The standard InChI is InChI=1S/C25H30FNO4/c1-17-14-20(18(2)27(17)15-19-8-7-13-30-19)23(28)16-31-24(29)25(11-5-6-12-25)21-9-3-4-10-22(21)26/h3-4,9-10,14,19H,5-8,11-13,15-16H2,1-2H3. The van der Waals surface area contributed by atoms with Gasteiger partial charge in [0, 0.05) is 35.7 Å². The van der Waals surface area contributed by atoms with Crippen LogP contribution in [0.3, 0.4) is 0 Å². The number of ketones is 1. The molecule has 4 rings (SSSR count). The number of ether oxygens (including phenoxy) is 2. The van der Waals surface area contributed by atoms with Gasteiger partial charge < -0.3 is 14.0 Å². The highest BCUT2D eigenvalue weighted by molar-refractivity contribution is 5.99. The fourth-order valence-electron chi connectivity index (χ4n) is 5.11. The van der Waals surface area contributed by atoms with Gasteiger partial charge in [0.1, 0.15) is 5.82 Å². The third-order valence-electron chi connectivity index (χ3n) is 6.86. The molecule has 2 fully saturated rings. The second kappa shape index (κ2) is 8.95. The van der Waals surface area contributed by atoms with Crippen LogP contribution in [0.5, 0.6) is 0 Å². The highest BCUT2D eigenvalue weighted by Gasteiger charge is 2.46. The molecule has 5 nitrogen and oxygen atoms in total. The van der Waals surface area contributed by atoms with Crippen molar-refractivity contribution >= 4 is 11.8 Å². The molecule has 2 aromatic rings. The van der Waals surface area contributed by atoms with Gasteiger partial charge in [0.2, 0.25) is 5.78 Å². The number of carbonyl (C=O) groups is 2. The Kier molecular flexibility index (Phi) is 6.28. The number of benzene rings is 1. The topological polar surface area (TPSA) is 57.5 Å². The highest BCUT2D eigenvalue weighted by Crippen LogP contribution is 2.43. The van der Waals surface area contributed by atoms with Crippen molar-refractivity contribution in [3.05, 3.63) is 58.7 Å². The second-order valence-corrected chi connectivity index (χ2v) is 8.80. The Morgan fingerprint density at radius 1 is 1.19 bits per heavy atom. The van der Waals surface area contributed by atoms with Gasteiger partial charge in [0.05, 0.1) is 11.5 Å². The summed E-state index contributed by atoms with van der Waals surface area (Å²) in [6.07, 6.45) is 5.01. The first-order valence-corrected chi connectivity index (χ1v) is 11.2. The minimum absolute atomic E-state index is 0.175. The Morgan fingerprint density at radius 2 is 1.94 bits per heavy atom. The summed E-state index contributed by atoms with van der Waals surface area (Å²) in [7, 11) is 0. The Balaban J connectivity index is 1.47. The van der Waals surface area contributed by atoms with E-state index >= 15 is 0 Å². The highest BCUT2D eigenvalue weighted by atomic mass is 19.1. The second-order valence-electron chi connectivity index (χ2n) is 8.80.